The van der Waals surface area contributed by atoms with E-state index >= 15 is 0 Å². The van der Waals surface area contributed by atoms with Crippen molar-refractivity contribution in [1.29, 1.82) is 0 Å². The molecule has 5 heteroatoms. The maximum Gasteiger partial charge on any atom is 0.338 e. The first-order chi connectivity index (χ1) is 7.22. The number of benzene rings is 1. The van der Waals surface area contributed by atoms with E-state index in [1.165, 1.54) is 7.11 Å². The summed E-state index contributed by atoms with van der Waals surface area (Å²) in [6.07, 6.45) is 1.64. The molecule has 0 radical (unpaired) electrons. The number of hydrogen-bond donors (Lipinski definition) is 0. The number of fused-ring (bicyclic) bond motifs is 1. The zero-order valence-electron chi connectivity index (χ0n) is 7.90. The second-order valence-corrected chi connectivity index (χ2v) is 3.83. The van der Waals surface area contributed by atoms with Gasteiger partial charge in [-0.1, -0.05) is 6.07 Å². The summed E-state index contributed by atoms with van der Waals surface area (Å²) >= 11 is 2.03. The van der Waals surface area contributed by atoms with Crippen LogP contribution >= 0.6 is 22.6 Å². The Kier molecular flexibility index (Phi) is 2.81. The number of ether oxygens (including phenoxy) is 1. The van der Waals surface area contributed by atoms with E-state index in [1.54, 1.807) is 18.3 Å². The lowest BCUT2D eigenvalue weighted by Crippen LogP contribution is -2.03. The SMILES string of the molecule is COC(=O)c1cccc2nc(I)ncc12. The molecule has 0 N–H and O–H groups in total. The van der Waals surface area contributed by atoms with E-state index < -0.39 is 0 Å². The minimum atomic E-state index is -0.370. The molecule has 0 atom stereocenters. The molecule has 1 aromatic carbocycles. The predicted octanol–water partition coefficient (Wildman–Crippen LogP) is 2.02. The van der Waals surface area contributed by atoms with Crippen LogP contribution in [0.1, 0.15) is 10.4 Å². The van der Waals surface area contributed by atoms with Crippen molar-refractivity contribution in [3.05, 3.63) is 33.8 Å². The first-order valence-corrected chi connectivity index (χ1v) is 5.30. The number of carbonyl (C=O) groups excluding carboxylic acids is 1. The zero-order chi connectivity index (χ0) is 10.8. The molecule has 76 valence electrons. The highest BCUT2D eigenvalue weighted by Gasteiger charge is 2.10. The fourth-order valence-electron chi connectivity index (χ4n) is 1.32. The minimum absolute atomic E-state index is 0.370. The molecule has 2 aromatic rings. The van der Waals surface area contributed by atoms with Crippen molar-refractivity contribution < 1.29 is 9.53 Å². The van der Waals surface area contributed by atoms with Crippen molar-refractivity contribution in [3.63, 3.8) is 0 Å². The Morgan fingerprint density at radius 1 is 1.47 bits per heavy atom. The van der Waals surface area contributed by atoms with Crippen LogP contribution < -0.4 is 0 Å². The van der Waals surface area contributed by atoms with Gasteiger partial charge in [-0.2, -0.15) is 0 Å². The molecule has 0 unspecified atom stereocenters. The molecule has 0 bridgehead atoms. The lowest BCUT2D eigenvalue weighted by molar-refractivity contribution is 0.0603. The largest absolute Gasteiger partial charge is 0.465 e. The number of halogens is 1. The number of rotatable bonds is 1. The van der Waals surface area contributed by atoms with E-state index in [0.717, 1.165) is 5.52 Å². The molecule has 4 nitrogen and oxygen atoms in total. The quantitative estimate of drug-likeness (QED) is 0.459. The molecule has 0 aliphatic heterocycles. The van der Waals surface area contributed by atoms with Crippen molar-refractivity contribution in [2.75, 3.05) is 7.11 Å². The Hall–Kier alpha value is -1.24. The van der Waals surface area contributed by atoms with Crippen molar-refractivity contribution in [2.45, 2.75) is 0 Å². The van der Waals surface area contributed by atoms with Crippen LogP contribution in [0.4, 0.5) is 0 Å². The summed E-state index contributed by atoms with van der Waals surface area (Å²) in [5.74, 6) is -0.370. The highest BCUT2D eigenvalue weighted by molar-refractivity contribution is 14.1. The van der Waals surface area contributed by atoms with Crippen LogP contribution in [0, 0.1) is 3.83 Å². The summed E-state index contributed by atoms with van der Waals surface area (Å²) in [4.78, 5) is 19.7. The van der Waals surface area contributed by atoms with Gasteiger partial charge in [0.2, 0.25) is 0 Å². The Morgan fingerprint density at radius 2 is 2.27 bits per heavy atom. The van der Waals surface area contributed by atoms with Crippen LogP contribution in [-0.4, -0.2) is 23.0 Å². The molecule has 0 aliphatic rings. The minimum Gasteiger partial charge on any atom is -0.465 e. The molecule has 0 aliphatic carbocycles. The van der Waals surface area contributed by atoms with E-state index in [0.29, 0.717) is 14.8 Å². The van der Waals surface area contributed by atoms with Gasteiger partial charge in [-0.05, 0) is 12.1 Å². The highest BCUT2D eigenvalue weighted by Crippen LogP contribution is 2.17. The first-order valence-electron chi connectivity index (χ1n) is 4.22. The number of hydrogen-bond acceptors (Lipinski definition) is 4. The molecule has 15 heavy (non-hydrogen) atoms. The molecule has 1 aromatic heterocycles. The van der Waals surface area contributed by atoms with Crippen molar-refractivity contribution in [3.8, 4) is 0 Å². The molecular formula is C10H7IN2O2. The zero-order valence-corrected chi connectivity index (χ0v) is 10.1. The molecule has 1 heterocycles. The van der Waals surface area contributed by atoms with Crippen molar-refractivity contribution in [1.82, 2.24) is 9.97 Å². The molecule has 0 saturated heterocycles. The molecule has 2 rings (SSSR count). The van der Waals surface area contributed by atoms with Gasteiger partial charge in [0, 0.05) is 34.2 Å². The van der Waals surface area contributed by atoms with Gasteiger partial charge in [-0.15, -0.1) is 0 Å². The lowest BCUT2D eigenvalue weighted by Gasteiger charge is -2.03. The average molecular weight is 314 g/mol. The number of carbonyl (C=O) groups is 1. The Labute approximate surface area is 99.8 Å². The van der Waals surface area contributed by atoms with Gasteiger partial charge in [0.1, 0.15) is 0 Å². The Morgan fingerprint density at radius 3 is 3.00 bits per heavy atom. The maximum absolute atomic E-state index is 11.4. The lowest BCUT2D eigenvalue weighted by atomic mass is 10.1. The van der Waals surface area contributed by atoms with Gasteiger partial charge in [0.15, 0.2) is 3.83 Å². The summed E-state index contributed by atoms with van der Waals surface area (Å²) in [6, 6.07) is 5.31. The van der Waals surface area contributed by atoms with Crippen LogP contribution in [0.2, 0.25) is 0 Å². The van der Waals surface area contributed by atoms with Crippen LogP contribution in [0.25, 0.3) is 10.9 Å². The monoisotopic (exact) mass is 314 g/mol. The van der Waals surface area contributed by atoms with Gasteiger partial charge in [0.25, 0.3) is 0 Å². The third-order valence-electron chi connectivity index (χ3n) is 2.00. The summed E-state index contributed by atoms with van der Waals surface area (Å²) < 4.78 is 5.33. The Balaban J connectivity index is 2.71. The first kappa shape index (κ1) is 10.3. The Bertz CT molecular complexity index is 528. The summed E-state index contributed by atoms with van der Waals surface area (Å²) in [5, 5.41) is 0.713. The third kappa shape index (κ3) is 1.92. The molecule has 0 fully saturated rings. The van der Waals surface area contributed by atoms with Crippen LogP contribution in [-0.2, 0) is 4.74 Å². The second-order valence-electron chi connectivity index (χ2n) is 2.87. The summed E-state index contributed by atoms with van der Waals surface area (Å²) in [7, 11) is 1.36. The normalized spacial score (nSPS) is 10.3. The summed E-state index contributed by atoms with van der Waals surface area (Å²) in [5.41, 5.74) is 1.24. The second kappa shape index (κ2) is 4.09. The van der Waals surface area contributed by atoms with Gasteiger partial charge >= 0.3 is 5.97 Å². The fourth-order valence-corrected chi connectivity index (χ4v) is 1.72. The molecule has 0 amide bonds. The number of esters is 1. The van der Waals surface area contributed by atoms with Gasteiger partial charge in [-0.3, -0.25) is 0 Å². The number of methoxy groups -OCH3 is 1. The third-order valence-corrected chi connectivity index (χ3v) is 2.52. The van der Waals surface area contributed by atoms with E-state index in [4.69, 9.17) is 0 Å². The van der Waals surface area contributed by atoms with Gasteiger partial charge in [-0.25, -0.2) is 14.8 Å². The highest BCUT2D eigenvalue weighted by atomic mass is 127. The smallest absolute Gasteiger partial charge is 0.338 e. The van der Waals surface area contributed by atoms with E-state index in [-0.39, 0.29) is 5.97 Å². The van der Waals surface area contributed by atoms with Gasteiger partial charge < -0.3 is 4.74 Å². The van der Waals surface area contributed by atoms with Gasteiger partial charge in [0.05, 0.1) is 18.2 Å². The predicted molar refractivity (Wildman–Crippen MR) is 63.6 cm³/mol. The van der Waals surface area contributed by atoms with Crippen LogP contribution in [0.3, 0.4) is 0 Å². The standard InChI is InChI=1S/C10H7IN2O2/c1-15-9(14)6-3-2-4-8-7(6)5-12-10(11)13-8/h2-5H,1H3. The number of nitrogens with zero attached hydrogens (tertiary/aromatic N) is 2. The number of aromatic nitrogens is 2. The van der Waals surface area contributed by atoms with Crippen LogP contribution in [0.15, 0.2) is 24.4 Å². The topological polar surface area (TPSA) is 52.1 Å². The average Bonchev–Trinajstić information content (AvgIpc) is 2.26. The van der Waals surface area contributed by atoms with Crippen molar-refractivity contribution in [2.24, 2.45) is 0 Å². The maximum atomic E-state index is 11.4. The van der Waals surface area contributed by atoms with E-state index in [9.17, 15) is 4.79 Å². The van der Waals surface area contributed by atoms with Crippen molar-refractivity contribution >= 4 is 39.5 Å². The van der Waals surface area contributed by atoms with Crippen LogP contribution in [0.5, 0.6) is 0 Å². The fraction of sp³-hybridized carbons (Fsp3) is 0.100. The summed E-state index contributed by atoms with van der Waals surface area (Å²) in [6.45, 7) is 0. The van der Waals surface area contributed by atoms with E-state index in [2.05, 4.69) is 14.7 Å². The molecule has 0 saturated carbocycles. The molecule has 0 spiro atoms. The molecular weight excluding hydrogens is 307 g/mol. The van der Waals surface area contributed by atoms with E-state index in [1.807, 2.05) is 28.7 Å².